The summed E-state index contributed by atoms with van der Waals surface area (Å²) in [6.45, 7) is 27.6. The molecule has 0 aromatic heterocycles. The fourth-order valence-corrected chi connectivity index (χ4v) is 7.47. The molecule has 58 heavy (non-hydrogen) atoms. The molecule has 2 saturated heterocycles. The zero-order valence-corrected chi connectivity index (χ0v) is 36.9. The molecular formula is C40H67ClN4O13. The third-order valence-corrected chi connectivity index (χ3v) is 10.5. The van der Waals surface area contributed by atoms with Gasteiger partial charge in [0.1, 0.15) is 29.3 Å². The fourth-order valence-electron chi connectivity index (χ4n) is 7.47. The number of halogens is 1. The highest BCUT2D eigenvalue weighted by Crippen LogP contribution is 2.65. The van der Waals surface area contributed by atoms with Crippen LogP contribution in [0.4, 0.5) is 9.59 Å². The van der Waals surface area contributed by atoms with E-state index < -0.39 is 53.5 Å². The van der Waals surface area contributed by atoms with E-state index in [9.17, 15) is 28.8 Å². The number of carbonyl (C=O) groups excluding carboxylic acids is 5. The van der Waals surface area contributed by atoms with Crippen molar-refractivity contribution in [1.29, 1.82) is 0 Å². The first-order valence-corrected chi connectivity index (χ1v) is 19.1. The lowest BCUT2D eigenvalue weighted by Gasteiger charge is -2.32. The maximum absolute atomic E-state index is 13.2. The number of nitrogens with zero attached hydrogens (tertiary/aromatic N) is 1. The van der Waals surface area contributed by atoms with Gasteiger partial charge >= 0.3 is 30.1 Å². The van der Waals surface area contributed by atoms with Crippen molar-refractivity contribution < 1.29 is 62.3 Å². The maximum atomic E-state index is 13.2. The van der Waals surface area contributed by atoms with Crippen molar-refractivity contribution in [3.8, 4) is 0 Å². The Morgan fingerprint density at radius 3 is 1.62 bits per heavy atom. The van der Waals surface area contributed by atoms with Crippen LogP contribution in [0.15, 0.2) is 25.3 Å². The molecule has 0 aromatic carbocycles. The summed E-state index contributed by atoms with van der Waals surface area (Å²) in [5.74, 6) is -0.626. The minimum Gasteiger partial charge on any atom is -0.480 e. The molecule has 0 spiro atoms. The number of esters is 2. The number of carboxylic acids is 1. The van der Waals surface area contributed by atoms with Gasteiger partial charge in [0.2, 0.25) is 5.91 Å². The highest BCUT2D eigenvalue weighted by molar-refractivity contribution is 5.91. The Morgan fingerprint density at radius 2 is 1.22 bits per heavy atom. The van der Waals surface area contributed by atoms with E-state index in [1.165, 1.54) is 25.2 Å². The molecule has 8 atom stereocenters. The van der Waals surface area contributed by atoms with Gasteiger partial charge in [0.15, 0.2) is 6.04 Å². The highest BCUT2D eigenvalue weighted by atomic mass is 35.5. The first-order chi connectivity index (χ1) is 26.3. The number of nitrogens with one attached hydrogen (secondary N) is 3. The van der Waals surface area contributed by atoms with Crippen LogP contribution < -0.4 is 16.0 Å². The van der Waals surface area contributed by atoms with Crippen LogP contribution in [-0.2, 0) is 47.6 Å². The number of amides is 3. The summed E-state index contributed by atoms with van der Waals surface area (Å²) in [6, 6.07) is -2.80. The molecule has 2 aliphatic heterocycles. The summed E-state index contributed by atoms with van der Waals surface area (Å²) in [4.78, 5) is 72.7. The Labute approximate surface area is 349 Å². The van der Waals surface area contributed by atoms with Gasteiger partial charge in [0, 0.05) is 12.5 Å². The number of alkyl carbamates (subject to hydrolysis) is 2. The molecule has 17 nitrogen and oxygen atoms in total. The average Bonchev–Trinajstić information content (AvgIpc) is 3.56. The van der Waals surface area contributed by atoms with Gasteiger partial charge in [-0.05, 0) is 76.7 Å². The number of likely N-dealkylation sites (tertiary alicyclic amines) is 1. The molecule has 4 aliphatic rings. The number of hydrogen-bond donors (Lipinski definition) is 4. The average molecular weight is 847 g/mol. The monoisotopic (exact) mass is 846 g/mol. The van der Waals surface area contributed by atoms with Crippen molar-refractivity contribution in [2.75, 3.05) is 53.7 Å². The predicted octanol–water partition coefficient (Wildman–Crippen LogP) is 3.73. The van der Waals surface area contributed by atoms with Crippen LogP contribution in [0.2, 0.25) is 0 Å². The second-order valence-corrected chi connectivity index (χ2v) is 17.7. The van der Waals surface area contributed by atoms with Gasteiger partial charge in [0.05, 0.1) is 40.6 Å². The van der Waals surface area contributed by atoms with Crippen molar-refractivity contribution in [3.05, 3.63) is 25.3 Å². The molecule has 2 heterocycles. The van der Waals surface area contributed by atoms with E-state index in [4.69, 9.17) is 33.5 Å². The van der Waals surface area contributed by atoms with Crippen LogP contribution in [0, 0.1) is 34.5 Å². The van der Waals surface area contributed by atoms with E-state index in [1.807, 2.05) is 0 Å². The zero-order valence-electron chi connectivity index (χ0n) is 36.1. The summed E-state index contributed by atoms with van der Waals surface area (Å²) in [7, 11) is 2.77. The van der Waals surface area contributed by atoms with E-state index >= 15 is 0 Å². The summed E-state index contributed by atoms with van der Waals surface area (Å²) in [6.07, 6.45) is 1.55. The minimum atomic E-state index is -1.18. The maximum Gasteiger partial charge on any atom is 0.408 e. The number of ether oxygens (including phenoxy) is 6. The molecule has 4 N–H and O–H groups in total. The van der Waals surface area contributed by atoms with Gasteiger partial charge in [-0.3, -0.25) is 9.59 Å². The van der Waals surface area contributed by atoms with Gasteiger partial charge in [-0.2, -0.15) is 0 Å². The molecule has 2 aliphatic carbocycles. The Morgan fingerprint density at radius 1 is 0.776 bits per heavy atom. The molecule has 0 bridgehead atoms. The number of rotatable bonds is 14. The van der Waals surface area contributed by atoms with E-state index in [0.29, 0.717) is 23.8 Å². The van der Waals surface area contributed by atoms with E-state index in [2.05, 4.69) is 56.8 Å². The van der Waals surface area contributed by atoms with Gasteiger partial charge < -0.3 is 54.4 Å². The lowest BCUT2D eigenvalue weighted by atomic mass is 10.0. The number of aliphatic carboxylic acids is 1. The van der Waals surface area contributed by atoms with Crippen LogP contribution in [0.1, 0.15) is 69.2 Å². The number of hydrogen-bond acceptors (Lipinski definition) is 13. The minimum absolute atomic E-state index is 0. The molecule has 3 amide bonds. The Balaban J connectivity index is 0.000000475. The first kappa shape index (κ1) is 52.1. The van der Waals surface area contributed by atoms with Crippen LogP contribution in [0.25, 0.3) is 0 Å². The first-order valence-electron chi connectivity index (χ1n) is 19.1. The fraction of sp³-hybridized carbons (Fsp3) is 0.750. The lowest BCUT2D eigenvalue weighted by Crippen LogP contribution is -2.56. The van der Waals surface area contributed by atoms with Gasteiger partial charge in [-0.15, -0.1) is 25.6 Å². The normalized spacial score (nSPS) is 25.0. The summed E-state index contributed by atoms with van der Waals surface area (Å²) < 4.78 is 30.2. The third-order valence-electron chi connectivity index (χ3n) is 10.5. The summed E-state index contributed by atoms with van der Waals surface area (Å²) in [5.41, 5.74) is -1.03. The molecule has 4 rings (SSSR count). The van der Waals surface area contributed by atoms with E-state index in [0.717, 1.165) is 6.54 Å². The van der Waals surface area contributed by atoms with Crippen LogP contribution in [-0.4, -0.2) is 135 Å². The topological polar surface area (TPSA) is 217 Å². The van der Waals surface area contributed by atoms with E-state index in [-0.39, 0.29) is 74.0 Å². The second-order valence-electron chi connectivity index (χ2n) is 17.7. The van der Waals surface area contributed by atoms with Gasteiger partial charge in [-0.25, -0.2) is 19.2 Å². The van der Waals surface area contributed by atoms with Crippen molar-refractivity contribution in [2.45, 2.75) is 105 Å². The zero-order chi connectivity index (χ0) is 43.7. The van der Waals surface area contributed by atoms with Crippen molar-refractivity contribution in [2.24, 2.45) is 34.5 Å². The van der Waals surface area contributed by atoms with Crippen LogP contribution >= 0.6 is 12.4 Å². The summed E-state index contributed by atoms with van der Waals surface area (Å²) in [5, 5.41) is 16.8. The highest BCUT2D eigenvalue weighted by Gasteiger charge is 2.70. The predicted molar refractivity (Wildman–Crippen MR) is 216 cm³/mol. The van der Waals surface area contributed by atoms with Crippen molar-refractivity contribution in [1.82, 2.24) is 20.9 Å². The number of fused-ring (bicyclic) bond motifs is 2. The Kier molecular flexibility index (Phi) is 19.2. The Hall–Kier alpha value is -3.93. The largest absolute Gasteiger partial charge is 0.480 e. The molecule has 332 valence electrons. The molecule has 0 radical (unpaired) electrons. The molecular weight excluding hydrogens is 780 g/mol. The Bertz CT molecular complexity index is 1470. The lowest BCUT2D eigenvalue weighted by molar-refractivity contribution is -0.154. The smallest absolute Gasteiger partial charge is 0.408 e. The van der Waals surface area contributed by atoms with Crippen molar-refractivity contribution >= 4 is 48.4 Å². The standard InChI is InChI=1S/C20H32N2O6.C11H19NO5.C9H15NO2.ClH/c1-8-9-27-11-13(21-18(25)28-19(2,3)4)16(23)22-10-12-14(20(12,5)6)15(22)17(24)26-7;1-5-6-16-7-8(9(13)14)12-10(15)17-11(2,3)4;1-9(2)5-4-10-7(6(5)9)8(11)12-3;/h8,12-15H,1,9-11H2,2-7H3,(H,21,25);5,8H,1,6-7H2,2-4H3,(H,12,15)(H,13,14);5-7,10H,4H2,1-3H3;1H/t12-,13-,14-,15-;8-;5-,6-,7-;/m000./s1. The number of piperidine rings is 2. The molecule has 0 unspecified atom stereocenters. The van der Waals surface area contributed by atoms with E-state index in [1.54, 1.807) is 47.6 Å². The number of methoxy groups -OCH3 is 2. The molecule has 0 aromatic rings. The SMILES string of the molecule is C=CCOC[C@H](NC(=O)OC(C)(C)C)C(=O)N1C[C@H]2[C@@H]([C@H]1C(=O)OC)C2(C)C.C=CCOC[C@H](NC(=O)OC(C)(C)C)C(=O)O.COC(=O)[C@H]1NC[C@H]2[C@@H]1C2(C)C.Cl. The molecule has 2 saturated carbocycles. The third kappa shape index (κ3) is 14.4. The molecule has 4 fully saturated rings. The number of carbonyl (C=O) groups is 6. The summed E-state index contributed by atoms with van der Waals surface area (Å²) >= 11 is 0. The van der Waals surface area contributed by atoms with Gasteiger partial charge in [-0.1, -0.05) is 39.8 Å². The van der Waals surface area contributed by atoms with Crippen LogP contribution in [0.3, 0.4) is 0 Å². The van der Waals surface area contributed by atoms with Gasteiger partial charge in [0.25, 0.3) is 0 Å². The number of carboxylic acid groups (broad SMARTS) is 1. The quantitative estimate of drug-likeness (QED) is 0.0849. The van der Waals surface area contributed by atoms with Crippen molar-refractivity contribution in [3.63, 3.8) is 0 Å². The van der Waals surface area contributed by atoms with Crippen LogP contribution in [0.5, 0.6) is 0 Å². The second kappa shape index (κ2) is 21.4. The molecule has 18 heteroatoms.